The molecule has 0 spiro atoms. The van der Waals surface area contributed by atoms with Crippen molar-refractivity contribution in [3.63, 3.8) is 0 Å². The zero-order valence-electron chi connectivity index (χ0n) is 7.61. The Balaban J connectivity index is 2.42. The van der Waals surface area contributed by atoms with Gasteiger partial charge in [-0.25, -0.2) is 0 Å². The zero-order chi connectivity index (χ0) is 10.1. The van der Waals surface area contributed by atoms with Crippen LogP contribution >= 0.6 is 0 Å². The number of aldehydes is 1. The molecule has 0 bridgehead atoms. The van der Waals surface area contributed by atoms with Gasteiger partial charge in [0.25, 0.3) is 5.91 Å². The molecule has 72 valence electrons. The maximum atomic E-state index is 11.2. The molecule has 0 fully saturated rings. The van der Waals surface area contributed by atoms with Crippen LogP contribution in [0.2, 0.25) is 0 Å². The van der Waals surface area contributed by atoms with E-state index in [9.17, 15) is 9.59 Å². The van der Waals surface area contributed by atoms with Gasteiger partial charge in [0.05, 0.1) is 5.69 Å². The second kappa shape index (κ2) is 3.14. The van der Waals surface area contributed by atoms with Crippen molar-refractivity contribution in [2.24, 2.45) is 0 Å². The first-order valence-corrected chi connectivity index (χ1v) is 4.27. The first kappa shape index (κ1) is 8.74. The summed E-state index contributed by atoms with van der Waals surface area (Å²) in [4.78, 5) is 21.7. The highest BCUT2D eigenvalue weighted by Gasteiger charge is 2.23. The highest BCUT2D eigenvalue weighted by molar-refractivity contribution is 5.98. The summed E-state index contributed by atoms with van der Waals surface area (Å²) in [5.74, 6) is 0.406. The Bertz CT molecular complexity index is 400. The number of carbonyl (C=O) groups excluding carboxylic acids is 2. The maximum Gasteiger partial charge on any atom is 0.265 e. The molecular formula is C10H9NO3. The van der Waals surface area contributed by atoms with Crippen LogP contribution in [0.5, 0.6) is 5.75 Å². The van der Waals surface area contributed by atoms with Crippen molar-refractivity contribution in [2.45, 2.75) is 13.0 Å². The van der Waals surface area contributed by atoms with Crippen LogP contribution in [-0.4, -0.2) is 18.3 Å². The van der Waals surface area contributed by atoms with Gasteiger partial charge in [-0.2, -0.15) is 0 Å². The summed E-state index contributed by atoms with van der Waals surface area (Å²) >= 11 is 0. The number of amides is 1. The van der Waals surface area contributed by atoms with Gasteiger partial charge in [0, 0.05) is 5.56 Å². The number of hydrogen-bond donors (Lipinski definition) is 1. The molecule has 0 aromatic heterocycles. The fourth-order valence-corrected chi connectivity index (χ4v) is 1.30. The van der Waals surface area contributed by atoms with Crippen molar-refractivity contribution in [3.05, 3.63) is 23.8 Å². The lowest BCUT2D eigenvalue weighted by Gasteiger charge is -2.23. The number of anilines is 1. The molecule has 1 atom stereocenters. The summed E-state index contributed by atoms with van der Waals surface area (Å²) < 4.78 is 5.32. The standard InChI is InChI=1S/C10H9NO3/c1-6-10(13)11-8-4-7(5-12)2-3-9(8)14-6/h2-6H,1H3,(H,11,13)/t6-/m0/s1. The van der Waals surface area contributed by atoms with E-state index in [1.165, 1.54) is 0 Å². The number of benzene rings is 1. The quantitative estimate of drug-likeness (QED) is 0.679. The van der Waals surface area contributed by atoms with Crippen LogP contribution in [0.15, 0.2) is 18.2 Å². The smallest absolute Gasteiger partial charge is 0.265 e. The van der Waals surface area contributed by atoms with Crippen molar-refractivity contribution in [3.8, 4) is 5.75 Å². The molecule has 4 heteroatoms. The summed E-state index contributed by atoms with van der Waals surface area (Å²) in [5, 5.41) is 2.66. The summed E-state index contributed by atoms with van der Waals surface area (Å²) in [6.07, 6.45) is 0.245. The first-order valence-electron chi connectivity index (χ1n) is 4.27. The zero-order valence-corrected chi connectivity index (χ0v) is 7.61. The highest BCUT2D eigenvalue weighted by Crippen LogP contribution is 2.29. The summed E-state index contributed by atoms with van der Waals surface area (Å²) in [6.45, 7) is 1.67. The van der Waals surface area contributed by atoms with Gasteiger partial charge >= 0.3 is 0 Å². The minimum atomic E-state index is -0.482. The van der Waals surface area contributed by atoms with Gasteiger partial charge in [-0.3, -0.25) is 9.59 Å². The molecule has 1 N–H and O–H groups in total. The lowest BCUT2D eigenvalue weighted by atomic mass is 10.1. The van der Waals surface area contributed by atoms with Crippen LogP contribution in [0.1, 0.15) is 17.3 Å². The van der Waals surface area contributed by atoms with Gasteiger partial charge in [0.15, 0.2) is 6.10 Å². The predicted molar refractivity (Wildman–Crippen MR) is 50.5 cm³/mol. The number of fused-ring (bicyclic) bond motifs is 1. The predicted octanol–water partition coefficient (Wildman–Crippen LogP) is 1.22. The Morgan fingerprint density at radius 2 is 2.29 bits per heavy atom. The lowest BCUT2D eigenvalue weighted by Crippen LogP contribution is -2.34. The van der Waals surface area contributed by atoms with Crippen molar-refractivity contribution < 1.29 is 14.3 Å². The van der Waals surface area contributed by atoms with E-state index in [4.69, 9.17) is 4.74 Å². The summed E-state index contributed by atoms with van der Waals surface area (Å²) in [5.41, 5.74) is 1.07. The molecule has 14 heavy (non-hydrogen) atoms. The summed E-state index contributed by atoms with van der Waals surface area (Å²) in [6, 6.07) is 4.91. The molecule has 0 radical (unpaired) electrons. The van der Waals surface area contributed by atoms with E-state index in [0.29, 0.717) is 17.0 Å². The topological polar surface area (TPSA) is 55.4 Å². The monoisotopic (exact) mass is 191 g/mol. The van der Waals surface area contributed by atoms with Crippen LogP contribution in [-0.2, 0) is 4.79 Å². The van der Waals surface area contributed by atoms with Gasteiger partial charge in [0.2, 0.25) is 0 Å². The molecule has 0 aliphatic carbocycles. The number of hydrogen-bond acceptors (Lipinski definition) is 3. The van der Waals surface area contributed by atoms with Gasteiger partial charge in [-0.15, -0.1) is 0 Å². The first-order chi connectivity index (χ1) is 6.70. The van der Waals surface area contributed by atoms with Crippen LogP contribution in [0.3, 0.4) is 0 Å². The van der Waals surface area contributed by atoms with E-state index in [0.717, 1.165) is 6.29 Å². The normalized spacial score (nSPS) is 19.2. The van der Waals surface area contributed by atoms with Crippen LogP contribution in [0.25, 0.3) is 0 Å². The highest BCUT2D eigenvalue weighted by atomic mass is 16.5. The Labute approximate surface area is 80.9 Å². The molecule has 1 aromatic rings. The van der Waals surface area contributed by atoms with E-state index in [1.54, 1.807) is 25.1 Å². The third-order valence-corrected chi connectivity index (χ3v) is 2.07. The Hall–Kier alpha value is -1.84. The van der Waals surface area contributed by atoms with Crippen molar-refractivity contribution >= 4 is 17.9 Å². The van der Waals surface area contributed by atoms with Gasteiger partial charge in [-0.1, -0.05) is 0 Å². The minimum Gasteiger partial charge on any atom is -0.479 e. The van der Waals surface area contributed by atoms with Crippen molar-refractivity contribution in [1.82, 2.24) is 0 Å². The van der Waals surface area contributed by atoms with Crippen molar-refractivity contribution in [2.75, 3.05) is 5.32 Å². The van der Waals surface area contributed by atoms with Crippen molar-refractivity contribution in [1.29, 1.82) is 0 Å². The van der Waals surface area contributed by atoms with E-state index in [2.05, 4.69) is 5.32 Å². The molecule has 2 rings (SSSR count). The second-order valence-corrected chi connectivity index (χ2v) is 3.12. The van der Waals surface area contributed by atoms with E-state index in [-0.39, 0.29) is 5.91 Å². The average molecular weight is 191 g/mol. The average Bonchev–Trinajstić information content (AvgIpc) is 2.19. The van der Waals surface area contributed by atoms with Gasteiger partial charge in [-0.05, 0) is 25.1 Å². The number of nitrogens with one attached hydrogen (secondary N) is 1. The molecule has 1 heterocycles. The summed E-state index contributed by atoms with van der Waals surface area (Å²) in [7, 11) is 0. The minimum absolute atomic E-state index is 0.194. The molecule has 0 saturated heterocycles. The fourth-order valence-electron chi connectivity index (χ4n) is 1.30. The fraction of sp³-hybridized carbons (Fsp3) is 0.200. The number of ether oxygens (including phenoxy) is 1. The van der Waals surface area contributed by atoms with Crippen LogP contribution < -0.4 is 10.1 Å². The van der Waals surface area contributed by atoms with Gasteiger partial charge < -0.3 is 10.1 Å². The molecule has 0 unspecified atom stereocenters. The molecule has 0 saturated carbocycles. The SMILES string of the molecule is C[C@@H]1Oc2ccc(C=O)cc2NC1=O. The Morgan fingerprint density at radius 1 is 1.50 bits per heavy atom. The van der Waals surface area contributed by atoms with Gasteiger partial charge in [0.1, 0.15) is 12.0 Å². The van der Waals surface area contributed by atoms with E-state index in [1.807, 2.05) is 0 Å². The molecule has 1 aliphatic rings. The molecule has 1 aliphatic heterocycles. The molecular weight excluding hydrogens is 182 g/mol. The second-order valence-electron chi connectivity index (χ2n) is 3.12. The molecule has 4 nitrogen and oxygen atoms in total. The molecule has 1 aromatic carbocycles. The maximum absolute atomic E-state index is 11.2. The lowest BCUT2D eigenvalue weighted by molar-refractivity contribution is -0.122. The number of carbonyl (C=O) groups is 2. The third kappa shape index (κ3) is 1.35. The largest absolute Gasteiger partial charge is 0.479 e. The van der Waals surface area contributed by atoms with E-state index < -0.39 is 6.10 Å². The third-order valence-electron chi connectivity index (χ3n) is 2.07. The van der Waals surface area contributed by atoms with Crippen LogP contribution in [0.4, 0.5) is 5.69 Å². The Kier molecular flexibility index (Phi) is 1.96. The molecule has 1 amide bonds. The van der Waals surface area contributed by atoms with Crippen LogP contribution in [0, 0.1) is 0 Å². The Morgan fingerprint density at radius 3 is 3.00 bits per heavy atom. The van der Waals surface area contributed by atoms with E-state index >= 15 is 0 Å². The number of rotatable bonds is 1.